The van der Waals surface area contributed by atoms with Crippen LogP contribution in [0.25, 0.3) is 10.1 Å². The minimum absolute atomic E-state index is 0.241. The van der Waals surface area contributed by atoms with Crippen LogP contribution in [0, 0.1) is 0 Å². The first-order valence-corrected chi connectivity index (χ1v) is 6.72. The molecule has 2 nitrogen and oxygen atoms in total. The third-order valence-corrected chi connectivity index (χ3v) is 4.47. The summed E-state index contributed by atoms with van der Waals surface area (Å²) < 4.78 is 2.35. The smallest absolute Gasteiger partial charge is 0.303 e. The molecular formula is C12H11BrO2S. The average molecular weight is 299 g/mol. The molecule has 0 radical (unpaired) electrons. The Bertz CT molecular complexity index is 519. The maximum absolute atomic E-state index is 10.4. The maximum Gasteiger partial charge on any atom is 0.303 e. The maximum atomic E-state index is 10.4. The van der Waals surface area contributed by atoms with Gasteiger partial charge in [0, 0.05) is 15.6 Å². The normalized spacial score (nSPS) is 10.8. The number of aliphatic carboxylic acids is 1. The monoisotopic (exact) mass is 298 g/mol. The summed E-state index contributed by atoms with van der Waals surface area (Å²) in [6.45, 7) is 0. The highest BCUT2D eigenvalue weighted by Gasteiger charge is 2.06. The lowest BCUT2D eigenvalue weighted by Crippen LogP contribution is -1.95. The molecule has 1 heterocycles. The lowest BCUT2D eigenvalue weighted by molar-refractivity contribution is -0.137. The number of thiophene rings is 1. The largest absolute Gasteiger partial charge is 0.481 e. The Hall–Kier alpha value is -0.870. The van der Waals surface area contributed by atoms with Gasteiger partial charge in [0.25, 0.3) is 0 Å². The van der Waals surface area contributed by atoms with E-state index in [2.05, 4.69) is 27.4 Å². The summed E-state index contributed by atoms with van der Waals surface area (Å²) in [4.78, 5) is 10.4. The number of halogens is 1. The molecule has 0 amide bonds. The summed E-state index contributed by atoms with van der Waals surface area (Å²) in [5.41, 5.74) is 1.25. The molecule has 0 aliphatic carbocycles. The van der Waals surface area contributed by atoms with E-state index in [0.29, 0.717) is 6.42 Å². The number of carboxylic acid groups (broad SMARTS) is 1. The van der Waals surface area contributed by atoms with E-state index in [4.69, 9.17) is 5.11 Å². The van der Waals surface area contributed by atoms with Crippen LogP contribution in [0.4, 0.5) is 0 Å². The Balaban J connectivity index is 2.19. The number of carbonyl (C=O) groups is 1. The van der Waals surface area contributed by atoms with Gasteiger partial charge in [0.2, 0.25) is 0 Å². The fraction of sp³-hybridized carbons (Fsp3) is 0.250. The molecule has 84 valence electrons. The zero-order valence-electron chi connectivity index (χ0n) is 8.57. The molecule has 0 aliphatic heterocycles. The molecule has 1 aromatic carbocycles. The van der Waals surface area contributed by atoms with E-state index in [9.17, 15) is 4.79 Å². The molecule has 4 heteroatoms. The summed E-state index contributed by atoms with van der Waals surface area (Å²) in [5.74, 6) is -0.722. The van der Waals surface area contributed by atoms with E-state index in [-0.39, 0.29) is 6.42 Å². The lowest BCUT2D eigenvalue weighted by Gasteiger charge is -1.98. The number of hydrogen-bond donors (Lipinski definition) is 1. The van der Waals surface area contributed by atoms with Gasteiger partial charge in [-0.1, -0.05) is 12.1 Å². The van der Waals surface area contributed by atoms with Crippen LogP contribution in [0.2, 0.25) is 0 Å². The molecule has 1 N–H and O–H groups in total. The quantitative estimate of drug-likeness (QED) is 0.924. The van der Waals surface area contributed by atoms with Crippen LogP contribution in [0.15, 0.2) is 28.1 Å². The van der Waals surface area contributed by atoms with Crippen molar-refractivity contribution in [1.29, 1.82) is 0 Å². The van der Waals surface area contributed by atoms with Crippen molar-refractivity contribution in [1.82, 2.24) is 0 Å². The molecule has 0 saturated carbocycles. The van der Waals surface area contributed by atoms with Gasteiger partial charge in [-0.05, 0) is 51.2 Å². The number of aryl methyl sites for hydroxylation is 1. The Morgan fingerprint density at radius 3 is 3.00 bits per heavy atom. The summed E-state index contributed by atoms with van der Waals surface area (Å²) in [7, 11) is 0. The molecule has 2 aromatic rings. The highest BCUT2D eigenvalue weighted by Crippen LogP contribution is 2.32. The molecule has 0 saturated heterocycles. The van der Waals surface area contributed by atoms with E-state index < -0.39 is 5.97 Å². The molecule has 0 fully saturated rings. The first-order chi connectivity index (χ1) is 7.68. The van der Waals surface area contributed by atoms with Gasteiger partial charge in [-0.2, -0.15) is 0 Å². The third-order valence-electron chi connectivity index (χ3n) is 2.47. The highest BCUT2D eigenvalue weighted by atomic mass is 79.9. The Morgan fingerprint density at radius 1 is 1.44 bits per heavy atom. The van der Waals surface area contributed by atoms with Gasteiger partial charge in [-0.25, -0.2) is 0 Å². The van der Waals surface area contributed by atoms with Crippen molar-refractivity contribution in [3.05, 3.63) is 33.6 Å². The summed E-state index contributed by atoms with van der Waals surface area (Å²) in [5, 5.41) is 12.0. The first kappa shape index (κ1) is 11.6. The summed E-state index contributed by atoms with van der Waals surface area (Å²) in [6, 6.07) is 6.13. The number of benzene rings is 1. The van der Waals surface area contributed by atoms with E-state index in [1.54, 1.807) is 11.3 Å². The van der Waals surface area contributed by atoms with E-state index >= 15 is 0 Å². The Labute approximate surface area is 106 Å². The molecule has 16 heavy (non-hydrogen) atoms. The number of fused-ring (bicyclic) bond motifs is 1. The SMILES string of the molecule is O=C(O)CCCc1csc2c(Br)cccc12. The topological polar surface area (TPSA) is 37.3 Å². The van der Waals surface area contributed by atoms with Crippen LogP contribution < -0.4 is 0 Å². The van der Waals surface area contributed by atoms with Gasteiger partial charge < -0.3 is 5.11 Å². The van der Waals surface area contributed by atoms with Crippen molar-refractivity contribution in [3.8, 4) is 0 Å². The molecule has 0 bridgehead atoms. The molecule has 0 unspecified atom stereocenters. The van der Waals surface area contributed by atoms with Crippen LogP contribution in [0.3, 0.4) is 0 Å². The minimum Gasteiger partial charge on any atom is -0.481 e. The standard InChI is InChI=1S/C12H11BrO2S/c13-10-5-2-4-9-8(7-16-12(9)10)3-1-6-11(14)15/h2,4-5,7H,1,3,6H2,(H,14,15). The second kappa shape index (κ2) is 4.97. The fourth-order valence-corrected chi connectivity index (χ4v) is 3.36. The van der Waals surface area contributed by atoms with Gasteiger partial charge in [0.15, 0.2) is 0 Å². The number of rotatable bonds is 4. The van der Waals surface area contributed by atoms with E-state index in [1.165, 1.54) is 15.6 Å². The summed E-state index contributed by atoms with van der Waals surface area (Å²) >= 11 is 5.22. The van der Waals surface area contributed by atoms with Crippen molar-refractivity contribution >= 4 is 43.3 Å². The lowest BCUT2D eigenvalue weighted by atomic mass is 10.1. The van der Waals surface area contributed by atoms with Crippen LogP contribution in [0.1, 0.15) is 18.4 Å². The van der Waals surface area contributed by atoms with Gasteiger partial charge in [-0.15, -0.1) is 11.3 Å². The minimum atomic E-state index is -0.722. The highest BCUT2D eigenvalue weighted by molar-refractivity contribution is 9.10. The van der Waals surface area contributed by atoms with Gasteiger partial charge >= 0.3 is 5.97 Å². The van der Waals surface area contributed by atoms with Crippen LogP contribution in [-0.2, 0) is 11.2 Å². The van der Waals surface area contributed by atoms with Crippen molar-refractivity contribution < 1.29 is 9.90 Å². The molecule has 0 atom stereocenters. The van der Waals surface area contributed by atoms with Crippen LogP contribution in [-0.4, -0.2) is 11.1 Å². The summed E-state index contributed by atoms with van der Waals surface area (Å²) in [6.07, 6.45) is 1.78. The zero-order valence-corrected chi connectivity index (χ0v) is 11.0. The Kier molecular flexibility index (Phi) is 3.61. The zero-order chi connectivity index (χ0) is 11.5. The van der Waals surface area contributed by atoms with Crippen LogP contribution >= 0.6 is 27.3 Å². The molecule has 1 aromatic heterocycles. The van der Waals surface area contributed by atoms with Crippen molar-refractivity contribution in [3.63, 3.8) is 0 Å². The Morgan fingerprint density at radius 2 is 2.25 bits per heavy atom. The first-order valence-electron chi connectivity index (χ1n) is 5.05. The second-order valence-electron chi connectivity index (χ2n) is 3.62. The van der Waals surface area contributed by atoms with Crippen molar-refractivity contribution in [2.75, 3.05) is 0 Å². The van der Waals surface area contributed by atoms with Gasteiger partial charge in [0.05, 0.1) is 0 Å². The molecule has 2 rings (SSSR count). The molecule has 0 spiro atoms. The average Bonchev–Trinajstić information content (AvgIpc) is 2.63. The van der Waals surface area contributed by atoms with Crippen LogP contribution in [0.5, 0.6) is 0 Å². The number of hydrogen-bond acceptors (Lipinski definition) is 2. The predicted octanol–water partition coefficient (Wildman–Crippen LogP) is 4.07. The van der Waals surface area contributed by atoms with E-state index in [1.807, 2.05) is 12.1 Å². The van der Waals surface area contributed by atoms with Gasteiger partial charge in [-0.3, -0.25) is 4.79 Å². The third kappa shape index (κ3) is 2.44. The second-order valence-corrected chi connectivity index (χ2v) is 5.36. The number of carboxylic acids is 1. The van der Waals surface area contributed by atoms with Crippen molar-refractivity contribution in [2.24, 2.45) is 0 Å². The van der Waals surface area contributed by atoms with E-state index in [0.717, 1.165) is 10.9 Å². The molecular weight excluding hydrogens is 288 g/mol. The van der Waals surface area contributed by atoms with Crippen molar-refractivity contribution in [2.45, 2.75) is 19.3 Å². The predicted molar refractivity (Wildman–Crippen MR) is 70.1 cm³/mol. The molecule has 0 aliphatic rings. The fourth-order valence-electron chi connectivity index (χ4n) is 1.70. The van der Waals surface area contributed by atoms with Gasteiger partial charge in [0.1, 0.15) is 0 Å².